The second-order valence-electron chi connectivity index (χ2n) is 12.5. The first-order valence-electron chi connectivity index (χ1n) is 16.5. The highest BCUT2D eigenvalue weighted by molar-refractivity contribution is 6.31. The zero-order valence-corrected chi connectivity index (χ0v) is 26.2. The van der Waals surface area contributed by atoms with Gasteiger partial charge in [0.2, 0.25) is 0 Å². The first-order valence-corrected chi connectivity index (χ1v) is 16.5. The van der Waals surface area contributed by atoms with E-state index in [9.17, 15) is 0 Å². The van der Waals surface area contributed by atoms with Gasteiger partial charge in [-0.05, 0) is 70.1 Å². The Morgan fingerprint density at radius 1 is 0.312 bits per heavy atom. The molecule has 0 N–H and O–H groups in total. The Bertz CT molecular complexity index is 2820. The fraction of sp³-hybridized carbons (Fsp3) is 0. The van der Waals surface area contributed by atoms with Gasteiger partial charge in [0, 0.05) is 38.3 Å². The van der Waals surface area contributed by atoms with Gasteiger partial charge in [-0.25, -0.2) is 0 Å². The molecule has 0 unspecified atom stereocenters. The first-order chi connectivity index (χ1) is 23.8. The van der Waals surface area contributed by atoms with Gasteiger partial charge in [0.15, 0.2) is 0 Å². The summed E-state index contributed by atoms with van der Waals surface area (Å²) >= 11 is 0. The molecule has 224 valence electrons. The molecule has 0 aliphatic rings. The van der Waals surface area contributed by atoms with Gasteiger partial charge in [0.25, 0.3) is 0 Å². The summed E-state index contributed by atoms with van der Waals surface area (Å²) in [6, 6.07) is 66.1. The van der Waals surface area contributed by atoms with Crippen LogP contribution >= 0.6 is 0 Å². The van der Waals surface area contributed by atoms with Crippen molar-refractivity contribution in [3.05, 3.63) is 182 Å². The van der Waals surface area contributed by atoms with Crippen LogP contribution in [0.1, 0.15) is 0 Å². The quantitative estimate of drug-likeness (QED) is 0.188. The van der Waals surface area contributed by atoms with Gasteiger partial charge in [0.05, 0.1) is 22.1 Å². The number of nitrogens with zero attached hydrogens (tertiary/aromatic N) is 2. The van der Waals surface area contributed by atoms with E-state index in [2.05, 4.69) is 191 Å². The molecule has 2 aromatic heterocycles. The largest absolute Gasteiger partial charge is 0.309 e. The van der Waals surface area contributed by atoms with Crippen LogP contribution in [0.15, 0.2) is 182 Å². The summed E-state index contributed by atoms with van der Waals surface area (Å²) in [6.07, 6.45) is 0. The molecule has 2 heterocycles. The van der Waals surface area contributed by atoms with Gasteiger partial charge >= 0.3 is 0 Å². The fourth-order valence-electron chi connectivity index (χ4n) is 7.87. The van der Waals surface area contributed by atoms with Crippen LogP contribution in [0.5, 0.6) is 0 Å². The molecule has 0 saturated heterocycles. The van der Waals surface area contributed by atoms with Crippen LogP contribution in [0.2, 0.25) is 0 Å². The van der Waals surface area contributed by atoms with E-state index in [1.807, 2.05) is 0 Å². The topological polar surface area (TPSA) is 9.86 Å². The summed E-state index contributed by atoms with van der Waals surface area (Å²) in [6.45, 7) is 0. The van der Waals surface area contributed by atoms with Gasteiger partial charge in [-0.1, -0.05) is 140 Å². The fourth-order valence-corrected chi connectivity index (χ4v) is 7.87. The van der Waals surface area contributed by atoms with Crippen molar-refractivity contribution < 1.29 is 0 Å². The Kier molecular flexibility index (Phi) is 5.91. The van der Waals surface area contributed by atoms with E-state index in [0.717, 1.165) is 5.69 Å². The van der Waals surface area contributed by atoms with Gasteiger partial charge in [-0.3, -0.25) is 0 Å². The van der Waals surface area contributed by atoms with Crippen molar-refractivity contribution in [2.75, 3.05) is 0 Å². The van der Waals surface area contributed by atoms with E-state index >= 15 is 0 Å². The minimum Gasteiger partial charge on any atom is -0.309 e. The van der Waals surface area contributed by atoms with Crippen LogP contribution in [0, 0.1) is 0 Å². The third-order valence-corrected chi connectivity index (χ3v) is 9.89. The smallest absolute Gasteiger partial charge is 0.0619 e. The summed E-state index contributed by atoms with van der Waals surface area (Å²) in [7, 11) is 0. The van der Waals surface area contributed by atoms with E-state index in [4.69, 9.17) is 0 Å². The maximum absolute atomic E-state index is 2.46. The van der Waals surface area contributed by atoms with Gasteiger partial charge in [-0.15, -0.1) is 0 Å². The zero-order valence-electron chi connectivity index (χ0n) is 26.2. The van der Waals surface area contributed by atoms with E-state index in [-0.39, 0.29) is 0 Å². The van der Waals surface area contributed by atoms with Crippen molar-refractivity contribution >= 4 is 54.4 Å². The van der Waals surface area contributed by atoms with Crippen LogP contribution in [0.4, 0.5) is 0 Å². The molecule has 0 bridgehead atoms. The lowest BCUT2D eigenvalue weighted by Crippen LogP contribution is -1.95. The Hall–Kier alpha value is -6.38. The van der Waals surface area contributed by atoms with E-state index in [0.29, 0.717) is 0 Å². The van der Waals surface area contributed by atoms with E-state index < -0.39 is 0 Å². The molecular formula is C46H30N2. The van der Waals surface area contributed by atoms with Crippen LogP contribution in [0.3, 0.4) is 0 Å². The predicted molar refractivity (Wildman–Crippen MR) is 203 cm³/mol. The summed E-state index contributed by atoms with van der Waals surface area (Å²) in [5.41, 5.74) is 12.1. The lowest BCUT2D eigenvalue weighted by Gasteiger charge is -2.13. The highest BCUT2D eigenvalue weighted by Crippen LogP contribution is 2.44. The summed E-state index contributed by atoms with van der Waals surface area (Å²) in [5, 5.41) is 7.61. The van der Waals surface area contributed by atoms with Crippen molar-refractivity contribution in [2.45, 2.75) is 0 Å². The lowest BCUT2D eigenvalue weighted by molar-refractivity contribution is 1.17. The SMILES string of the molecule is c1ccc(-c2ccccc2-c2cccc(-n3c4ccccc4c4c5c6ccc7ccccc7c6n(-c6ccccc6)c5ccc43)c2)cc1. The van der Waals surface area contributed by atoms with Crippen LogP contribution in [-0.2, 0) is 0 Å². The summed E-state index contributed by atoms with van der Waals surface area (Å²) in [4.78, 5) is 0. The number of aromatic nitrogens is 2. The monoisotopic (exact) mass is 610 g/mol. The van der Waals surface area contributed by atoms with Crippen LogP contribution in [0.25, 0.3) is 88.0 Å². The number of hydrogen-bond acceptors (Lipinski definition) is 0. The van der Waals surface area contributed by atoms with Gasteiger partial charge in [0.1, 0.15) is 0 Å². The Morgan fingerprint density at radius 2 is 0.896 bits per heavy atom. The number of para-hydroxylation sites is 2. The summed E-state index contributed by atoms with van der Waals surface area (Å²) < 4.78 is 4.91. The molecule has 10 rings (SSSR count). The predicted octanol–water partition coefficient (Wildman–Crippen LogP) is 12.4. The molecule has 10 aromatic rings. The molecule has 48 heavy (non-hydrogen) atoms. The first kappa shape index (κ1) is 26.8. The molecule has 8 aromatic carbocycles. The maximum atomic E-state index is 2.46. The molecule has 0 saturated carbocycles. The average molecular weight is 611 g/mol. The maximum Gasteiger partial charge on any atom is 0.0619 e. The molecule has 0 radical (unpaired) electrons. The molecule has 0 spiro atoms. The second-order valence-corrected chi connectivity index (χ2v) is 12.5. The average Bonchev–Trinajstić information content (AvgIpc) is 3.69. The van der Waals surface area contributed by atoms with E-state index in [1.165, 1.54) is 82.3 Å². The standard InChI is InChI=1S/C46H30N2/c1-3-14-31(15-4-1)36-21-9-10-22-37(36)33-17-13-20-35(30-33)47-41-25-12-11-24-39(41)44-42(47)28-29-43-45(44)40-27-26-32-16-7-8-23-38(32)46(40)48(43)34-18-5-2-6-19-34/h1-30H. The van der Waals surface area contributed by atoms with E-state index in [1.54, 1.807) is 0 Å². The molecule has 0 aliphatic heterocycles. The molecular weight excluding hydrogens is 581 g/mol. The third-order valence-electron chi connectivity index (χ3n) is 9.89. The van der Waals surface area contributed by atoms with Crippen LogP contribution < -0.4 is 0 Å². The Balaban J connectivity index is 1.29. The molecule has 0 fully saturated rings. The zero-order chi connectivity index (χ0) is 31.6. The normalized spacial score (nSPS) is 11.8. The molecule has 0 aliphatic carbocycles. The molecule has 0 atom stereocenters. The number of fused-ring (bicyclic) bond motifs is 9. The number of benzene rings is 8. The van der Waals surface area contributed by atoms with Crippen molar-refractivity contribution in [3.63, 3.8) is 0 Å². The second kappa shape index (κ2) is 10.6. The van der Waals surface area contributed by atoms with Crippen molar-refractivity contribution in [1.29, 1.82) is 0 Å². The van der Waals surface area contributed by atoms with Gasteiger partial charge in [-0.2, -0.15) is 0 Å². The third kappa shape index (κ3) is 3.93. The van der Waals surface area contributed by atoms with Crippen molar-refractivity contribution in [2.24, 2.45) is 0 Å². The molecule has 2 nitrogen and oxygen atoms in total. The van der Waals surface area contributed by atoms with Crippen molar-refractivity contribution in [1.82, 2.24) is 9.13 Å². The summed E-state index contributed by atoms with van der Waals surface area (Å²) in [5.74, 6) is 0. The highest BCUT2D eigenvalue weighted by atomic mass is 15.0. The Labute approximate surface area is 278 Å². The highest BCUT2D eigenvalue weighted by Gasteiger charge is 2.22. The minimum absolute atomic E-state index is 1.15. The molecule has 0 amide bonds. The minimum atomic E-state index is 1.15. The van der Waals surface area contributed by atoms with Crippen LogP contribution in [-0.4, -0.2) is 9.13 Å². The Morgan fingerprint density at radius 3 is 1.71 bits per heavy atom. The van der Waals surface area contributed by atoms with Gasteiger partial charge < -0.3 is 9.13 Å². The molecule has 2 heteroatoms. The lowest BCUT2D eigenvalue weighted by atomic mass is 9.94. The number of rotatable bonds is 4. The van der Waals surface area contributed by atoms with Crippen molar-refractivity contribution in [3.8, 4) is 33.6 Å². The number of hydrogen-bond donors (Lipinski definition) is 0.